The van der Waals surface area contributed by atoms with Gasteiger partial charge in [-0.25, -0.2) is 4.98 Å². The molecule has 0 unspecified atom stereocenters. The van der Waals surface area contributed by atoms with Gasteiger partial charge in [0.1, 0.15) is 5.82 Å². The molecule has 1 amide bonds. The van der Waals surface area contributed by atoms with Crippen molar-refractivity contribution in [3.05, 3.63) is 65.0 Å². The average molecular weight is 374 g/mol. The van der Waals surface area contributed by atoms with E-state index in [2.05, 4.69) is 40.4 Å². The van der Waals surface area contributed by atoms with Crippen molar-refractivity contribution < 1.29 is 4.79 Å². The van der Waals surface area contributed by atoms with Gasteiger partial charge in [-0.15, -0.1) is 0 Å². The number of nitrogens with one attached hydrogen (secondary N) is 2. The van der Waals surface area contributed by atoms with E-state index in [-0.39, 0.29) is 11.9 Å². The lowest BCUT2D eigenvalue weighted by atomic mass is 9.97. The number of benzene rings is 2. The number of aromatic amines is 1. The molecule has 3 aromatic rings. The van der Waals surface area contributed by atoms with E-state index in [0.717, 1.165) is 55.6 Å². The maximum atomic E-state index is 12.8. The molecule has 1 aromatic heterocycles. The first-order valence-corrected chi connectivity index (χ1v) is 10.2. The number of fused-ring (bicyclic) bond motifs is 2. The lowest BCUT2D eigenvalue weighted by Crippen LogP contribution is -2.29. The molecule has 5 heteroatoms. The summed E-state index contributed by atoms with van der Waals surface area (Å²) in [7, 11) is 2.17. The maximum absolute atomic E-state index is 12.8. The van der Waals surface area contributed by atoms with Crippen LogP contribution in [0, 0.1) is 0 Å². The third-order valence-electron chi connectivity index (χ3n) is 6.31. The summed E-state index contributed by atoms with van der Waals surface area (Å²) < 4.78 is 0. The summed E-state index contributed by atoms with van der Waals surface area (Å²) in [5, 5.41) is 3.21. The van der Waals surface area contributed by atoms with Gasteiger partial charge in [0.2, 0.25) is 0 Å². The van der Waals surface area contributed by atoms with Crippen LogP contribution in [0.1, 0.15) is 58.5 Å². The quantitative estimate of drug-likeness (QED) is 0.733. The second-order valence-corrected chi connectivity index (χ2v) is 8.20. The molecule has 2 aliphatic rings. The van der Waals surface area contributed by atoms with Crippen molar-refractivity contribution in [1.82, 2.24) is 20.2 Å². The van der Waals surface area contributed by atoms with Crippen molar-refractivity contribution in [2.24, 2.45) is 0 Å². The number of hydrogen-bond acceptors (Lipinski definition) is 3. The highest BCUT2D eigenvalue weighted by atomic mass is 16.1. The molecule has 144 valence electrons. The lowest BCUT2D eigenvalue weighted by Gasteiger charge is -2.27. The standard InChI is InChI=1S/C23H26N4O/c1-27-12-10-16(11-13-27)22-24-20-9-7-17(14-21(20)25-22)23(28)26-19-8-6-15-4-2-3-5-18(15)19/h2-5,7,9,14,16,19H,6,8,10-13H2,1H3,(H,24,25)(H,26,28)/t19-/m0/s1. The number of carbonyl (C=O) groups excluding carboxylic acids is 1. The van der Waals surface area contributed by atoms with E-state index in [9.17, 15) is 4.79 Å². The monoisotopic (exact) mass is 374 g/mol. The van der Waals surface area contributed by atoms with Gasteiger partial charge in [-0.05, 0) is 75.1 Å². The van der Waals surface area contributed by atoms with E-state index >= 15 is 0 Å². The Balaban J connectivity index is 1.34. The fourth-order valence-corrected chi connectivity index (χ4v) is 4.59. The highest BCUT2D eigenvalue weighted by Crippen LogP contribution is 2.31. The maximum Gasteiger partial charge on any atom is 0.251 e. The second-order valence-electron chi connectivity index (χ2n) is 8.20. The van der Waals surface area contributed by atoms with Gasteiger partial charge < -0.3 is 15.2 Å². The zero-order valence-electron chi connectivity index (χ0n) is 16.2. The summed E-state index contributed by atoms with van der Waals surface area (Å²) in [6, 6.07) is 14.3. The molecule has 2 heterocycles. The van der Waals surface area contributed by atoms with Crippen LogP contribution >= 0.6 is 0 Å². The van der Waals surface area contributed by atoms with E-state index in [0.29, 0.717) is 11.5 Å². The fourth-order valence-electron chi connectivity index (χ4n) is 4.59. The molecule has 28 heavy (non-hydrogen) atoms. The molecule has 1 aliphatic heterocycles. The van der Waals surface area contributed by atoms with Gasteiger partial charge in [0.05, 0.1) is 17.1 Å². The van der Waals surface area contributed by atoms with Crippen LogP contribution in [0.2, 0.25) is 0 Å². The van der Waals surface area contributed by atoms with Crippen LogP contribution in [0.4, 0.5) is 0 Å². The number of carbonyl (C=O) groups is 1. The third kappa shape index (κ3) is 3.20. The van der Waals surface area contributed by atoms with Crippen molar-refractivity contribution in [1.29, 1.82) is 0 Å². The van der Waals surface area contributed by atoms with E-state index in [1.54, 1.807) is 0 Å². The SMILES string of the molecule is CN1CCC(c2nc3ccc(C(=O)N[C@H]4CCc5ccccc54)cc3[nH]2)CC1. The first-order chi connectivity index (χ1) is 13.7. The number of likely N-dealkylation sites (tertiary alicyclic amines) is 1. The molecule has 1 aliphatic carbocycles. The Hall–Kier alpha value is -2.66. The van der Waals surface area contributed by atoms with E-state index in [4.69, 9.17) is 4.98 Å². The van der Waals surface area contributed by atoms with Gasteiger partial charge in [0, 0.05) is 11.5 Å². The minimum Gasteiger partial charge on any atom is -0.345 e. The molecule has 1 fully saturated rings. The summed E-state index contributed by atoms with van der Waals surface area (Å²) in [4.78, 5) is 23.5. The molecule has 5 nitrogen and oxygen atoms in total. The van der Waals surface area contributed by atoms with Crippen LogP contribution < -0.4 is 5.32 Å². The van der Waals surface area contributed by atoms with Gasteiger partial charge in [0.15, 0.2) is 0 Å². The molecule has 0 bridgehead atoms. The van der Waals surface area contributed by atoms with Crippen LogP contribution in [-0.4, -0.2) is 40.9 Å². The number of hydrogen-bond donors (Lipinski definition) is 2. The molecule has 5 rings (SSSR count). The topological polar surface area (TPSA) is 61.0 Å². The van der Waals surface area contributed by atoms with Crippen molar-refractivity contribution in [3.8, 4) is 0 Å². The number of piperidine rings is 1. The molecular formula is C23H26N4O. The van der Waals surface area contributed by atoms with Crippen LogP contribution in [0.15, 0.2) is 42.5 Å². The Labute approximate surface area is 165 Å². The number of imidazole rings is 1. The third-order valence-corrected chi connectivity index (χ3v) is 6.31. The first kappa shape index (κ1) is 17.4. The van der Waals surface area contributed by atoms with E-state index < -0.39 is 0 Å². The highest BCUT2D eigenvalue weighted by Gasteiger charge is 2.24. The molecule has 1 saturated heterocycles. The summed E-state index contributed by atoms with van der Waals surface area (Å²) in [6.45, 7) is 2.22. The van der Waals surface area contributed by atoms with Gasteiger partial charge in [-0.3, -0.25) is 4.79 Å². The predicted octanol–water partition coefficient (Wildman–Crippen LogP) is 3.79. The number of H-pyrrole nitrogens is 1. The zero-order valence-corrected chi connectivity index (χ0v) is 16.2. The second kappa shape index (κ2) is 7.06. The molecule has 1 atom stereocenters. The molecule has 0 saturated carbocycles. The minimum atomic E-state index is -0.0148. The van der Waals surface area contributed by atoms with Gasteiger partial charge >= 0.3 is 0 Å². The highest BCUT2D eigenvalue weighted by molar-refractivity contribution is 5.97. The van der Waals surface area contributed by atoms with Crippen molar-refractivity contribution in [3.63, 3.8) is 0 Å². The summed E-state index contributed by atoms with van der Waals surface area (Å²) in [6.07, 6.45) is 4.26. The molecule has 2 aromatic carbocycles. The van der Waals surface area contributed by atoms with Crippen LogP contribution in [0.3, 0.4) is 0 Å². The van der Waals surface area contributed by atoms with Gasteiger partial charge in [0.25, 0.3) is 5.91 Å². The molecule has 0 radical (unpaired) electrons. The Morgan fingerprint density at radius 2 is 1.96 bits per heavy atom. The summed E-state index contributed by atoms with van der Waals surface area (Å²) in [5.74, 6) is 1.53. The van der Waals surface area contributed by atoms with Crippen molar-refractivity contribution >= 4 is 16.9 Å². The number of aryl methyl sites for hydroxylation is 1. The lowest BCUT2D eigenvalue weighted by molar-refractivity contribution is 0.0937. The minimum absolute atomic E-state index is 0.0148. The number of rotatable bonds is 3. The van der Waals surface area contributed by atoms with Crippen molar-refractivity contribution in [2.75, 3.05) is 20.1 Å². The summed E-state index contributed by atoms with van der Waals surface area (Å²) in [5.41, 5.74) is 5.18. The van der Waals surface area contributed by atoms with Crippen molar-refractivity contribution in [2.45, 2.75) is 37.6 Å². The van der Waals surface area contributed by atoms with Gasteiger partial charge in [-0.1, -0.05) is 24.3 Å². The predicted molar refractivity (Wildman–Crippen MR) is 111 cm³/mol. The van der Waals surface area contributed by atoms with Gasteiger partial charge in [-0.2, -0.15) is 0 Å². The fraction of sp³-hybridized carbons (Fsp3) is 0.391. The van der Waals surface area contributed by atoms with Crippen LogP contribution in [0.25, 0.3) is 11.0 Å². The summed E-state index contributed by atoms with van der Waals surface area (Å²) >= 11 is 0. The number of aromatic nitrogens is 2. The molecule has 0 spiro atoms. The number of nitrogens with zero attached hydrogens (tertiary/aromatic N) is 2. The Kier molecular flexibility index (Phi) is 4.40. The Morgan fingerprint density at radius 3 is 2.82 bits per heavy atom. The smallest absolute Gasteiger partial charge is 0.251 e. The van der Waals surface area contributed by atoms with E-state index in [1.165, 1.54) is 11.1 Å². The first-order valence-electron chi connectivity index (χ1n) is 10.2. The van der Waals surface area contributed by atoms with Crippen LogP contribution in [-0.2, 0) is 6.42 Å². The zero-order chi connectivity index (χ0) is 19.1. The van der Waals surface area contributed by atoms with E-state index in [1.807, 2.05) is 24.3 Å². The molecule has 2 N–H and O–H groups in total. The largest absolute Gasteiger partial charge is 0.345 e. The average Bonchev–Trinajstić information content (AvgIpc) is 3.32. The van der Waals surface area contributed by atoms with Crippen LogP contribution in [0.5, 0.6) is 0 Å². The number of amides is 1. The Morgan fingerprint density at radius 1 is 1.14 bits per heavy atom. The normalized spacial score (nSPS) is 20.4. The Bertz CT molecular complexity index is 1020. The molecular weight excluding hydrogens is 348 g/mol.